The Hall–Kier alpha value is -4.06. The first-order chi connectivity index (χ1) is 16.0. The van der Waals surface area contributed by atoms with Crippen molar-refractivity contribution in [2.24, 2.45) is 0 Å². The molecule has 0 N–H and O–H groups in total. The molecule has 0 bridgehead atoms. The summed E-state index contributed by atoms with van der Waals surface area (Å²) >= 11 is 0. The lowest BCUT2D eigenvalue weighted by Crippen LogP contribution is -2.34. The zero-order valence-corrected chi connectivity index (χ0v) is 18.9. The fourth-order valence-corrected chi connectivity index (χ4v) is 4.49. The van der Waals surface area contributed by atoms with Crippen molar-refractivity contribution >= 4 is 34.4 Å². The molecule has 5 rings (SSSR count). The summed E-state index contributed by atoms with van der Waals surface area (Å²) in [5.41, 5.74) is 5.24. The highest BCUT2D eigenvalue weighted by Gasteiger charge is 2.44. The van der Waals surface area contributed by atoms with E-state index in [1.165, 1.54) is 10.5 Å². The Morgan fingerprint density at radius 2 is 1.55 bits per heavy atom. The van der Waals surface area contributed by atoms with Crippen molar-refractivity contribution in [3.8, 4) is 5.75 Å². The normalized spacial score (nSPS) is 15.4. The molecule has 6 nitrogen and oxygen atoms in total. The fourth-order valence-electron chi connectivity index (χ4n) is 4.49. The summed E-state index contributed by atoms with van der Waals surface area (Å²) < 4.78 is 5.28. The molecular weight excluding hydrogens is 414 g/mol. The molecular formula is C27H25N3O3. The third-order valence-corrected chi connectivity index (χ3v) is 6.22. The van der Waals surface area contributed by atoms with Crippen molar-refractivity contribution in [1.29, 1.82) is 0 Å². The summed E-state index contributed by atoms with van der Waals surface area (Å²) in [6.07, 6.45) is 0.828. The maximum absolute atomic E-state index is 13.8. The zero-order valence-electron chi connectivity index (χ0n) is 18.9. The van der Waals surface area contributed by atoms with Gasteiger partial charge in [-0.1, -0.05) is 30.3 Å². The summed E-state index contributed by atoms with van der Waals surface area (Å²) in [5, 5.41) is 0. The molecule has 0 unspecified atom stereocenters. The van der Waals surface area contributed by atoms with E-state index in [0.29, 0.717) is 34.8 Å². The third-order valence-electron chi connectivity index (χ3n) is 6.22. The molecule has 166 valence electrons. The molecule has 33 heavy (non-hydrogen) atoms. The number of carbonyl (C=O) groups is 2. The van der Waals surface area contributed by atoms with E-state index in [9.17, 15) is 9.59 Å². The molecule has 0 saturated carbocycles. The van der Waals surface area contributed by atoms with Gasteiger partial charge in [0.2, 0.25) is 0 Å². The smallest absolute Gasteiger partial charge is 0.282 e. The number of ether oxygens (including phenoxy) is 1. The molecule has 3 aromatic rings. The second-order valence-electron chi connectivity index (χ2n) is 8.34. The van der Waals surface area contributed by atoms with Crippen LogP contribution in [-0.4, -0.2) is 39.6 Å². The Morgan fingerprint density at radius 3 is 2.21 bits per heavy atom. The van der Waals surface area contributed by atoms with Crippen LogP contribution in [-0.2, 0) is 16.0 Å². The second-order valence-corrected chi connectivity index (χ2v) is 8.34. The number of fused-ring (bicyclic) bond motifs is 1. The number of anilines is 3. The van der Waals surface area contributed by atoms with Crippen LogP contribution in [0.4, 0.5) is 17.1 Å². The largest absolute Gasteiger partial charge is 0.497 e. The lowest BCUT2D eigenvalue weighted by molar-refractivity contribution is -0.120. The predicted octanol–water partition coefficient (Wildman–Crippen LogP) is 4.11. The van der Waals surface area contributed by atoms with E-state index >= 15 is 0 Å². The van der Waals surface area contributed by atoms with Crippen LogP contribution in [0.15, 0.2) is 78.5 Å². The fraction of sp³-hybridized carbons (Fsp3) is 0.185. The van der Waals surface area contributed by atoms with Crippen LogP contribution in [0, 0.1) is 0 Å². The van der Waals surface area contributed by atoms with Gasteiger partial charge in [0.25, 0.3) is 11.8 Å². The number of hydrogen-bond donors (Lipinski definition) is 0. The van der Waals surface area contributed by atoms with Crippen LogP contribution in [0.1, 0.15) is 11.1 Å². The van der Waals surface area contributed by atoms with E-state index in [-0.39, 0.29) is 11.8 Å². The van der Waals surface area contributed by atoms with Crippen molar-refractivity contribution in [3.05, 3.63) is 89.6 Å². The van der Waals surface area contributed by atoms with E-state index in [1.807, 2.05) is 90.6 Å². The monoisotopic (exact) mass is 439 g/mol. The Morgan fingerprint density at radius 1 is 0.848 bits per heavy atom. The van der Waals surface area contributed by atoms with E-state index in [1.54, 1.807) is 7.11 Å². The number of methoxy groups -OCH3 is 1. The quantitative estimate of drug-likeness (QED) is 0.560. The van der Waals surface area contributed by atoms with Crippen molar-refractivity contribution in [1.82, 2.24) is 0 Å². The van der Waals surface area contributed by atoms with E-state index in [0.717, 1.165) is 17.8 Å². The minimum absolute atomic E-state index is 0.305. The van der Waals surface area contributed by atoms with Gasteiger partial charge in [-0.3, -0.25) is 9.59 Å². The van der Waals surface area contributed by atoms with Crippen LogP contribution < -0.4 is 19.4 Å². The number of nitrogens with zero attached hydrogens (tertiary/aromatic N) is 3. The molecule has 0 atom stereocenters. The first-order valence-electron chi connectivity index (χ1n) is 10.9. The van der Waals surface area contributed by atoms with E-state index < -0.39 is 0 Å². The van der Waals surface area contributed by atoms with Crippen LogP contribution in [0.25, 0.3) is 5.57 Å². The molecule has 2 aliphatic heterocycles. The standard InChI is InChI=1S/C27H25N3O3/c1-28(2)20-10-12-21(13-11-20)30-26(31)24(19-8-14-22(33-3)15-9-19)25(27(30)32)29-17-16-18-6-4-5-7-23(18)29/h4-15H,16-17H2,1-3H3. The number of imide groups is 1. The first kappa shape index (κ1) is 20.8. The van der Waals surface area contributed by atoms with Crippen molar-refractivity contribution < 1.29 is 14.3 Å². The number of hydrogen-bond acceptors (Lipinski definition) is 5. The molecule has 3 aromatic carbocycles. The zero-order chi connectivity index (χ0) is 23.1. The average molecular weight is 440 g/mol. The SMILES string of the molecule is COc1ccc(C2=C(N3CCc4ccccc43)C(=O)N(c3ccc(N(C)C)cc3)C2=O)cc1. The number of amides is 2. The van der Waals surface area contributed by atoms with Crippen molar-refractivity contribution in [2.75, 3.05) is 42.4 Å². The highest BCUT2D eigenvalue weighted by molar-refractivity contribution is 6.46. The molecule has 2 heterocycles. The molecule has 0 fully saturated rings. The minimum Gasteiger partial charge on any atom is -0.497 e. The summed E-state index contributed by atoms with van der Waals surface area (Å²) in [4.78, 5) is 32.8. The second kappa shape index (κ2) is 8.13. The van der Waals surface area contributed by atoms with Gasteiger partial charge in [0.15, 0.2) is 0 Å². The Labute approximate surface area is 193 Å². The van der Waals surface area contributed by atoms with Crippen LogP contribution in [0.5, 0.6) is 5.75 Å². The van der Waals surface area contributed by atoms with Crippen molar-refractivity contribution in [2.45, 2.75) is 6.42 Å². The number of benzene rings is 3. The van der Waals surface area contributed by atoms with Gasteiger partial charge >= 0.3 is 0 Å². The molecule has 0 spiro atoms. The third kappa shape index (κ3) is 3.44. The summed E-state index contributed by atoms with van der Waals surface area (Å²) in [5.74, 6) is 0.0718. The van der Waals surface area contributed by atoms with Crippen molar-refractivity contribution in [3.63, 3.8) is 0 Å². The van der Waals surface area contributed by atoms with Gasteiger partial charge in [0.1, 0.15) is 11.4 Å². The lowest BCUT2D eigenvalue weighted by atomic mass is 10.0. The minimum atomic E-state index is -0.317. The molecule has 2 aliphatic rings. The molecule has 0 radical (unpaired) electrons. The Kier molecular flexibility index (Phi) is 5.13. The average Bonchev–Trinajstić information content (AvgIpc) is 3.37. The van der Waals surface area contributed by atoms with E-state index in [4.69, 9.17) is 4.74 Å². The van der Waals surface area contributed by atoms with E-state index in [2.05, 4.69) is 6.07 Å². The van der Waals surface area contributed by atoms with Gasteiger partial charge in [-0.25, -0.2) is 4.90 Å². The molecule has 6 heteroatoms. The number of rotatable bonds is 5. The summed E-state index contributed by atoms with van der Waals surface area (Å²) in [6, 6.07) is 22.8. The van der Waals surface area contributed by atoms with Gasteiger partial charge in [-0.2, -0.15) is 0 Å². The van der Waals surface area contributed by atoms with Gasteiger partial charge in [-0.05, 0) is 60.0 Å². The first-order valence-corrected chi connectivity index (χ1v) is 10.9. The van der Waals surface area contributed by atoms with Gasteiger partial charge in [0, 0.05) is 32.0 Å². The molecule has 2 amide bonds. The lowest BCUT2D eigenvalue weighted by Gasteiger charge is -2.22. The Balaban J connectivity index is 1.63. The van der Waals surface area contributed by atoms with Gasteiger partial charge in [0.05, 0.1) is 18.4 Å². The molecule has 0 aromatic heterocycles. The Bertz CT molecular complexity index is 1260. The number of para-hydroxylation sites is 1. The van der Waals surface area contributed by atoms with Gasteiger partial charge in [-0.15, -0.1) is 0 Å². The summed E-state index contributed by atoms with van der Waals surface area (Å²) in [6.45, 7) is 0.654. The number of carbonyl (C=O) groups excluding carboxylic acids is 2. The highest BCUT2D eigenvalue weighted by Crippen LogP contribution is 2.40. The molecule has 0 aliphatic carbocycles. The highest BCUT2D eigenvalue weighted by atomic mass is 16.5. The van der Waals surface area contributed by atoms with Crippen LogP contribution >= 0.6 is 0 Å². The summed E-state index contributed by atoms with van der Waals surface area (Å²) in [7, 11) is 5.51. The molecule has 0 saturated heterocycles. The van der Waals surface area contributed by atoms with Crippen LogP contribution in [0.3, 0.4) is 0 Å². The predicted molar refractivity (Wildman–Crippen MR) is 131 cm³/mol. The van der Waals surface area contributed by atoms with Gasteiger partial charge < -0.3 is 14.5 Å². The topological polar surface area (TPSA) is 53.1 Å². The van der Waals surface area contributed by atoms with Crippen LogP contribution in [0.2, 0.25) is 0 Å². The maximum Gasteiger partial charge on any atom is 0.282 e. The maximum atomic E-state index is 13.8.